The summed E-state index contributed by atoms with van der Waals surface area (Å²) in [5.74, 6) is 2.62. The SMILES string of the molecule is CCOc1ccccc1C1(O)CCSC1. The molecular weight excluding hydrogens is 208 g/mol. The van der Waals surface area contributed by atoms with E-state index in [9.17, 15) is 5.11 Å². The van der Waals surface area contributed by atoms with Crippen LogP contribution in [-0.4, -0.2) is 23.2 Å². The highest BCUT2D eigenvalue weighted by Gasteiger charge is 2.35. The zero-order valence-corrected chi connectivity index (χ0v) is 9.72. The normalized spacial score (nSPS) is 25.5. The van der Waals surface area contributed by atoms with Gasteiger partial charge in [0.05, 0.1) is 6.61 Å². The average Bonchev–Trinajstić information content (AvgIpc) is 2.68. The lowest BCUT2D eigenvalue weighted by Crippen LogP contribution is -2.25. The molecule has 0 spiro atoms. The Hall–Kier alpha value is -0.670. The minimum Gasteiger partial charge on any atom is -0.493 e. The summed E-state index contributed by atoms with van der Waals surface area (Å²) in [5, 5.41) is 10.5. The highest BCUT2D eigenvalue weighted by Crippen LogP contribution is 2.40. The zero-order valence-electron chi connectivity index (χ0n) is 8.90. The Balaban J connectivity index is 2.33. The number of thioether (sulfide) groups is 1. The number of ether oxygens (including phenoxy) is 1. The zero-order chi connectivity index (χ0) is 10.7. The lowest BCUT2D eigenvalue weighted by Gasteiger charge is -2.24. The van der Waals surface area contributed by atoms with E-state index in [2.05, 4.69) is 0 Å². The molecular formula is C12H16O2S. The van der Waals surface area contributed by atoms with E-state index in [1.54, 1.807) is 11.8 Å². The second-order valence-corrected chi connectivity index (χ2v) is 4.87. The molecule has 1 atom stereocenters. The Kier molecular flexibility index (Phi) is 3.22. The fraction of sp³-hybridized carbons (Fsp3) is 0.500. The Morgan fingerprint density at radius 3 is 2.93 bits per heavy atom. The maximum Gasteiger partial charge on any atom is 0.125 e. The molecule has 1 fully saturated rings. The molecule has 1 aliphatic rings. The van der Waals surface area contributed by atoms with E-state index >= 15 is 0 Å². The number of hydrogen-bond acceptors (Lipinski definition) is 3. The largest absolute Gasteiger partial charge is 0.493 e. The maximum atomic E-state index is 10.5. The minimum atomic E-state index is -0.684. The molecule has 1 aromatic carbocycles. The summed E-state index contributed by atoms with van der Waals surface area (Å²) in [6, 6.07) is 7.80. The van der Waals surface area contributed by atoms with Gasteiger partial charge in [-0.1, -0.05) is 18.2 Å². The van der Waals surface area contributed by atoms with Gasteiger partial charge in [-0.25, -0.2) is 0 Å². The van der Waals surface area contributed by atoms with Crippen molar-refractivity contribution < 1.29 is 9.84 Å². The van der Waals surface area contributed by atoms with E-state index in [0.717, 1.165) is 29.2 Å². The highest BCUT2D eigenvalue weighted by atomic mass is 32.2. The van der Waals surface area contributed by atoms with Crippen molar-refractivity contribution in [2.45, 2.75) is 18.9 Å². The second-order valence-electron chi connectivity index (χ2n) is 3.76. The van der Waals surface area contributed by atoms with Crippen LogP contribution >= 0.6 is 11.8 Å². The van der Waals surface area contributed by atoms with Gasteiger partial charge >= 0.3 is 0 Å². The lowest BCUT2D eigenvalue weighted by atomic mass is 9.92. The van der Waals surface area contributed by atoms with Crippen molar-refractivity contribution >= 4 is 11.8 Å². The first-order valence-corrected chi connectivity index (χ1v) is 6.44. The Bertz CT molecular complexity index is 332. The molecule has 0 aliphatic carbocycles. The topological polar surface area (TPSA) is 29.5 Å². The molecule has 82 valence electrons. The molecule has 2 nitrogen and oxygen atoms in total. The van der Waals surface area contributed by atoms with Crippen molar-refractivity contribution in [3.8, 4) is 5.75 Å². The smallest absolute Gasteiger partial charge is 0.125 e. The van der Waals surface area contributed by atoms with Gasteiger partial charge in [-0.05, 0) is 25.2 Å². The number of hydrogen-bond donors (Lipinski definition) is 1. The summed E-state index contributed by atoms with van der Waals surface area (Å²) in [6.45, 7) is 2.60. The van der Waals surface area contributed by atoms with Crippen LogP contribution in [0, 0.1) is 0 Å². The second kappa shape index (κ2) is 4.45. The molecule has 1 aliphatic heterocycles. The fourth-order valence-electron chi connectivity index (χ4n) is 1.90. The van der Waals surface area contributed by atoms with Crippen molar-refractivity contribution in [1.29, 1.82) is 0 Å². The lowest BCUT2D eigenvalue weighted by molar-refractivity contribution is 0.0624. The van der Waals surface area contributed by atoms with Crippen LogP contribution in [0.15, 0.2) is 24.3 Å². The molecule has 1 unspecified atom stereocenters. The van der Waals surface area contributed by atoms with Gasteiger partial charge in [0.25, 0.3) is 0 Å². The number of aliphatic hydroxyl groups is 1. The molecule has 15 heavy (non-hydrogen) atoms. The Morgan fingerprint density at radius 1 is 1.47 bits per heavy atom. The average molecular weight is 224 g/mol. The first-order chi connectivity index (χ1) is 7.26. The molecule has 0 amide bonds. The summed E-state index contributed by atoms with van der Waals surface area (Å²) in [7, 11) is 0. The standard InChI is InChI=1S/C12H16O2S/c1-2-14-11-6-4-3-5-10(11)12(13)7-8-15-9-12/h3-6,13H,2,7-9H2,1H3. The maximum absolute atomic E-state index is 10.5. The van der Waals surface area contributed by atoms with Gasteiger partial charge in [0.2, 0.25) is 0 Å². The van der Waals surface area contributed by atoms with Gasteiger partial charge in [-0.2, -0.15) is 11.8 Å². The first-order valence-electron chi connectivity index (χ1n) is 5.29. The van der Waals surface area contributed by atoms with Crippen molar-refractivity contribution in [2.24, 2.45) is 0 Å². The van der Waals surface area contributed by atoms with Gasteiger partial charge in [0, 0.05) is 11.3 Å². The van der Waals surface area contributed by atoms with Crippen LogP contribution in [0.3, 0.4) is 0 Å². The molecule has 0 radical (unpaired) electrons. The van der Waals surface area contributed by atoms with E-state index in [4.69, 9.17) is 4.74 Å². The summed E-state index contributed by atoms with van der Waals surface area (Å²) in [5.41, 5.74) is 0.257. The van der Waals surface area contributed by atoms with Crippen LogP contribution in [0.5, 0.6) is 5.75 Å². The van der Waals surface area contributed by atoms with Crippen molar-refractivity contribution in [2.75, 3.05) is 18.1 Å². The third-order valence-electron chi connectivity index (χ3n) is 2.69. The summed E-state index contributed by atoms with van der Waals surface area (Å²) in [4.78, 5) is 0. The summed E-state index contributed by atoms with van der Waals surface area (Å²) in [6.07, 6.45) is 0.821. The molecule has 1 aromatic rings. The Morgan fingerprint density at radius 2 is 2.27 bits per heavy atom. The molecule has 1 heterocycles. The predicted octanol–water partition coefficient (Wildman–Crippen LogP) is 2.41. The van der Waals surface area contributed by atoms with Gasteiger partial charge < -0.3 is 9.84 Å². The van der Waals surface area contributed by atoms with Crippen LogP contribution in [0.25, 0.3) is 0 Å². The van der Waals surface area contributed by atoms with Crippen molar-refractivity contribution in [3.63, 3.8) is 0 Å². The van der Waals surface area contributed by atoms with E-state index in [1.807, 2.05) is 31.2 Å². The van der Waals surface area contributed by atoms with E-state index < -0.39 is 5.60 Å². The molecule has 3 heteroatoms. The quantitative estimate of drug-likeness (QED) is 0.855. The van der Waals surface area contributed by atoms with Crippen LogP contribution < -0.4 is 4.74 Å². The molecule has 1 N–H and O–H groups in total. The van der Waals surface area contributed by atoms with Crippen LogP contribution in [0.1, 0.15) is 18.9 Å². The van der Waals surface area contributed by atoms with Gasteiger partial charge in [0.15, 0.2) is 0 Å². The van der Waals surface area contributed by atoms with E-state index in [1.165, 1.54) is 0 Å². The molecule has 1 saturated heterocycles. The fourth-order valence-corrected chi connectivity index (χ4v) is 3.16. The van der Waals surface area contributed by atoms with Gasteiger partial charge in [-0.3, -0.25) is 0 Å². The minimum absolute atomic E-state index is 0.639. The van der Waals surface area contributed by atoms with Crippen LogP contribution in [0.4, 0.5) is 0 Å². The van der Waals surface area contributed by atoms with Crippen molar-refractivity contribution in [3.05, 3.63) is 29.8 Å². The van der Waals surface area contributed by atoms with Crippen molar-refractivity contribution in [1.82, 2.24) is 0 Å². The van der Waals surface area contributed by atoms with E-state index in [-0.39, 0.29) is 0 Å². The third kappa shape index (κ3) is 2.13. The van der Waals surface area contributed by atoms with Gasteiger partial charge in [0.1, 0.15) is 11.4 Å². The molecule has 0 aromatic heterocycles. The number of para-hydroxylation sites is 1. The summed E-state index contributed by atoms with van der Waals surface area (Å²) < 4.78 is 5.55. The highest BCUT2D eigenvalue weighted by molar-refractivity contribution is 7.99. The van der Waals surface area contributed by atoms with Crippen LogP contribution in [0.2, 0.25) is 0 Å². The number of benzene rings is 1. The predicted molar refractivity (Wildman–Crippen MR) is 63.4 cm³/mol. The third-order valence-corrected chi connectivity index (χ3v) is 3.86. The first kappa shape index (κ1) is 10.8. The van der Waals surface area contributed by atoms with Crippen LogP contribution in [-0.2, 0) is 5.60 Å². The number of rotatable bonds is 3. The van der Waals surface area contributed by atoms with Gasteiger partial charge in [-0.15, -0.1) is 0 Å². The molecule has 0 bridgehead atoms. The molecule has 2 rings (SSSR count). The molecule has 0 saturated carbocycles. The summed E-state index contributed by atoms with van der Waals surface area (Å²) >= 11 is 1.80. The Labute approximate surface area is 94.6 Å². The van der Waals surface area contributed by atoms with E-state index in [0.29, 0.717) is 6.61 Å². The monoisotopic (exact) mass is 224 g/mol.